The van der Waals surface area contributed by atoms with Crippen molar-refractivity contribution < 1.29 is 19.1 Å². The summed E-state index contributed by atoms with van der Waals surface area (Å²) in [4.78, 5) is 35.5. The highest BCUT2D eigenvalue weighted by molar-refractivity contribution is 6.31. The molecule has 0 saturated carbocycles. The standard InChI is InChI=1S/C20H20Cl2N2O4/c1-13-8-9-15(22)11-17(13)24-19(26)12-28-20(27)7-3-6-18(25)23-16-5-2-4-14(21)10-16/h2,4-5,8-11H,3,6-7,12H2,1H3,(H,23,25)(H,24,26). The summed E-state index contributed by atoms with van der Waals surface area (Å²) in [6.07, 6.45) is 0.488. The molecule has 0 spiro atoms. The Morgan fingerprint density at radius 3 is 2.43 bits per heavy atom. The molecule has 0 aliphatic heterocycles. The van der Waals surface area contributed by atoms with Crippen LogP contribution in [0, 0.1) is 6.92 Å². The molecule has 0 bridgehead atoms. The van der Waals surface area contributed by atoms with E-state index in [4.69, 9.17) is 27.9 Å². The number of nitrogens with one attached hydrogen (secondary N) is 2. The van der Waals surface area contributed by atoms with E-state index in [9.17, 15) is 14.4 Å². The first kappa shape index (κ1) is 21.7. The lowest BCUT2D eigenvalue weighted by Crippen LogP contribution is -2.21. The van der Waals surface area contributed by atoms with Crippen LogP contribution < -0.4 is 10.6 Å². The molecule has 0 aliphatic carbocycles. The van der Waals surface area contributed by atoms with Crippen LogP contribution in [0.25, 0.3) is 0 Å². The average Bonchev–Trinajstić information content (AvgIpc) is 2.63. The summed E-state index contributed by atoms with van der Waals surface area (Å²) in [5.74, 6) is -1.24. The van der Waals surface area contributed by atoms with Crippen molar-refractivity contribution in [1.29, 1.82) is 0 Å². The largest absolute Gasteiger partial charge is 0.456 e. The fraction of sp³-hybridized carbons (Fsp3) is 0.250. The van der Waals surface area contributed by atoms with E-state index in [1.54, 1.807) is 42.5 Å². The average molecular weight is 423 g/mol. The Labute approximate surface area is 173 Å². The van der Waals surface area contributed by atoms with Crippen LogP contribution in [0.3, 0.4) is 0 Å². The van der Waals surface area contributed by atoms with Crippen LogP contribution in [0.1, 0.15) is 24.8 Å². The highest BCUT2D eigenvalue weighted by atomic mass is 35.5. The van der Waals surface area contributed by atoms with Crippen molar-refractivity contribution in [2.75, 3.05) is 17.2 Å². The molecule has 0 unspecified atom stereocenters. The van der Waals surface area contributed by atoms with Gasteiger partial charge in [-0.3, -0.25) is 14.4 Å². The number of hydrogen-bond donors (Lipinski definition) is 2. The number of carbonyl (C=O) groups is 3. The number of anilines is 2. The van der Waals surface area contributed by atoms with Crippen molar-refractivity contribution in [2.24, 2.45) is 0 Å². The summed E-state index contributed by atoms with van der Waals surface area (Å²) in [5.41, 5.74) is 1.99. The number of rotatable bonds is 8. The van der Waals surface area contributed by atoms with Gasteiger partial charge in [0.05, 0.1) is 0 Å². The lowest BCUT2D eigenvalue weighted by molar-refractivity contribution is -0.147. The van der Waals surface area contributed by atoms with E-state index < -0.39 is 18.5 Å². The molecule has 2 N–H and O–H groups in total. The first-order valence-corrected chi connectivity index (χ1v) is 9.36. The molecule has 148 valence electrons. The Kier molecular flexibility index (Phi) is 8.29. The van der Waals surface area contributed by atoms with Crippen molar-refractivity contribution in [1.82, 2.24) is 0 Å². The number of halogens is 2. The number of esters is 1. The molecule has 2 rings (SSSR count). The third-order valence-electron chi connectivity index (χ3n) is 3.73. The summed E-state index contributed by atoms with van der Waals surface area (Å²) < 4.78 is 4.93. The zero-order valence-electron chi connectivity index (χ0n) is 15.3. The molecule has 6 nitrogen and oxygen atoms in total. The maximum atomic E-state index is 11.9. The molecular formula is C20H20Cl2N2O4. The highest BCUT2D eigenvalue weighted by Gasteiger charge is 2.11. The molecule has 0 radical (unpaired) electrons. The van der Waals surface area contributed by atoms with Crippen molar-refractivity contribution in [3.05, 3.63) is 58.1 Å². The van der Waals surface area contributed by atoms with Gasteiger partial charge in [0, 0.05) is 34.3 Å². The summed E-state index contributed by atoms with van der Waals surface area (Å²) >= 11 is 11.7. The minimum Gasteiger partial charge on any atom is -0.456 e. The van der Waals surface area contributed by atoms with Crippen LogP contribution in [0.2, 0.25) is 10.0 Å². The van der Waals surface area contributed by atoms with Crippen LogP contribution in [-0.2, 0) is 19.1 Å². The van der Waals surface area contributed by atoms with Crippen molar-refractivity contribution >= 4 is 52.4 Å². The van der Waals surface area contributed by atoms with Gasteiger partial charge in [-0.25, -0.2) is 0 Å². The van der Waals surface area contributed by atoms with E-state index in [0.717, 1.165) is 5.56 Å². The van der Waals surface area contributed by atoms with Gasteiger partial charge in [-0.15, -0.1) is 0 Å². The highest BCUT2D eigenvalue weighted by Crippen LogP contribution is 2.20. The molecule has 2 aromatic carbocycles. The number of amides is 2. The van der Waals surface area contributed by atoms with Crippen LogP contribution in [-0.4, -0.2) is 24.4 Å². The fourth-order valence-electron chi connectivity index (χ4n) is 2.32. The lowest BCUT2D eigenvalue weighted by Gasteiger charge is -2.09. The number of ether oxygens (including phenoxy) is 1. The van der Waals surface area contributed by atoms with E-state index in [1.807, 2.05) is 6.92 Å². The van der Waals surface area contributed by atoms with Gasteiger partial charge in [-0.1, -0.05) is 35.3 Å². The first-order chi connectivity index (χ1) is 13.3. The van der Waals surface area contributed by atoms with E-state index in [0.29, 0.717) is 27.8 Å². The molecule has 2 amide bonds. The number of hydrogen-bond acceptors (Lipinski definition) is 4. The summed E-state index contributed by atoms with van der Waals surface area (Å²) in [7, 11) is 0. The molecule has 0 atom stereocenters. The Morgan fingerprint density at radius 2 is 1.68 bits per heavy atom. The Balaban J connectivity index is 1.66. The zero-order chi connectivity index (χ0) is 20.5. The van der Waals surface area contributed by atoms with E-state index in [1.165, 1.54) is 0 Å². The molecule has 0 fully saturated rings. The number of carbonyl (C=O) groups excluding carboxylic acids is 3. The van der Waals surface area contributed by atoms with Gasteiger partial charge in [0.15, 0.2) is 6.61 Å². The topological polar surface area (TPSA) is 84.5 Å². The zero-order valence-corrected chi connectivity index (χ0v) is 16.8. The maximum absolute atomic E-state index is 11.9. The van der Waals surface area contributed by atoms with Crippen LogP contribution >= 0.6 is 23.2 Å². The molecule has 0 saturated heterocycles. The molecule has 8 heteroatoms. The minimum atomic E-state index is -0.548. The van der Waals surface area contributed by atoms with Crippen LogP contribution in [0.5, 0.6) is 0 Å². The summed E-state index contributed by atoms with van der Waals surface area (Å²) in [6, 6.07) is 11.9. The minimum absolute atomic E-state index is 0.0342. The second-order valence-electron chi connectivity index (χ2n) is 6.08. The van der Waals surface area contributed by atoms with E-state index in [2.05, 4.69) is 10.6 Å². The molecule has 28 heavy (non-hydrogen) atoms. The monoisotopic (exact) mass is 422 g/mol. The normalized spacial score (nSPS) is 10.2. The van der Waals surface area contributed by atoms with Gasteiger partial charge in [0.25, 0.3) is 5.91 Å². The van der Waals surface area contributed by atoms with Gasteiger partial charge in [0.2, 0.25) is 5.91 Å². The second-order valence-corrected chi connectivity index (χ2v) is 6.95. The third-order valence-corrected chi connectivity index (χ3v) is 4.20. The van der Waals surface area contributed by atoms with E-state index in [-0.39, 0.29) is 18.7 Å². The van der Waals surface area contributed by atoms with Crippen molar-refractivity contribution in [3.63, 3.8) is 0 Å². The van der Waals surface area contributed by atoms with Crippen molar-refractivity contribution in [3.8, 4) is 0 Å². The van der Waals surface area contributed by atoms with E-state index >= 15 is 0 Å². The van der Waals surface area contributed by atoms with Crippen molar-refractivity contribution in [2.45, 2.75) is 26.2 Å². The van der Waals surface area contributed by atoms with Crippen LogP contribution in [0.15, 0.2) is 42.5 Å². The third kappa shape index (κ3) is 7.58. The van der Waals surface area contributed by atoms with Gasteiger partial charge >= 0.3 is 5.97 Å². The number of aryl methyl sites for hydroxylation is 1. The SMILES string of the molecule is Cc1ccc(Cl)cc1NC(=O)COC(=O)CCCC(=O)Nc1cccc(Cl)c1. The van der Waals surface area contributed by atoms with Gasteiger partial charge in [0.1, 0.15) is 0 Å². The Morgan fingerprint density at radius 1 is 0.929 bits per heavy atom. The fourth-order valence-corrected chi connectivity index (χ4v) is 2.68. The first-order valence-electron chi connectivity index (χ1n) is 8.60. The molecule has 2 aromatic rings. The summed E-state index contributed by atoms with van der Waals surface area (Å²) in [6.45, 7) is 1.42. The predicted octanol–water partition coefficient (Wildman–Crippen LogP) is 4.59. The van der Waals surface area contributed by atoms with Gasteiger partial charge in [-0.2, -0.15) is 0 Å². The number of benzene rings is 2. The predicted molar refractivity (Wildman–Crippen MR) is 110 cm³/mol. The van der Waals surface area contributed by atoms with Crippen LogP contribution in [0.4, 0.5) is 11.4 Å². The maximum Gasteiger partial charge on any atom is 0.306 e. The lowest BCUT2D eigenvalue weighted by atomic mass is 10.2. The van der Waals surface area contributed by atoms with Gasteiger partial charge in [-0.05, 0) is 49.2 Å². The molecule has 0 aromatic heterocycles. The smallest absolute Gasteiger partial charge is 0.306 e. The quantitative estimate of drug-likeness (QED) is 0.609. The second kappa shape index (κ2) is 10.7. The molecule has 0 aliphatic rings. The molecule has 0 heterocycles. The Bertz CT molecular complexity index is 871. The Hall–Kier alpha value is -2.57. The molecular weight excluding hydrogens is 403 g/mol. The van der Waals surface area contributed by atoms with Gasteiger partial charge < -0.3 is 15.4 Å². The summed E-state index contributed by atoms with van der Waals surface area (Å²) in [5, 5.41) is 6.35.